The van der Waals surface area contributed by atoms with Gasteiger partial charge in [0.1, 0.15) is 0 Å². The van der Waals surface area contributed by atoms with Crippen molar-refractivity contribution in [3.63, 3.8) is 0 Å². The number of nitrogens with one attached hydrogen (secondary N) is 2. The second-order valence-corrected chi connectivity index (χ2v) is 4.84. The van der Waals surface area contributed by atoms with Gasteiger partial charge < -0.3 is 10.6 Å². The van der Waals surface area contributed by atoms with Gasteiger partial charge in [-0.3, -0.25) is 0 Å². The highest BCUT2D eigenvalue weighted by Gasteiger charge is 2.06. The standard InChI is InChI=1S/C14H22N2S/c1-5-12(6-2)15-14(17)16-13-9-10(3)7-8-11(13)4/h7-9,12H,5-6H2,1-4H3,(H2,15,16,17). The van der Waals surface area contributed by atoms with Gasteiger partial charge in [-0.05, 0) is 56.1 Å². The van der Waals surface area contributed by atoms with E-state index in [1.165, 1.54) is 11.1 Å². The largest absolute Gasteiger partial charge is 0.360 e. The number of thiocarbonyl (C=S) groups is 1. The van der Waals surface area contributed by atoms with Crippen molar-refractivity contribution in [1.82, 2.24) is 5.32 Å². The molecule has 0 aliphatic carbocycles. The Morgan fingerprint density at radius 3 is 2.47 bits per heavy atom. The van der Waals surface area contributed by atoms with Gasteiger partial charge in [-0.25, -0.2) is 0 Å². The van der Waals surface area contributed by atoms with Gasteiger partial charge in [0.2, 0.25) is 0 Å². The van der Waals surface area contributed by atoms with E-state index in [0.29, 0.717) is 11.2 Å². The Morgan fingerprint density at radius 2 is 1.88 bits per heavy atom. The van der Waals surface area contributed by atoms with Crippen LogP contribution in [0.25, 0.3) is 0 Å². The smallest absolute Gasteiger partial charge is 0.171 e. The highest BCUT2D eigenvalue weighted by molar-refractivity contribution is 7.80. The molecule has 2 N–H and O–H groups in total. The lowest BCUT2D eigenvalue weighted by Gasteiger charge is -2.18. The summed E-state index contributed by atoms with van der Waals surface area (Å²) < 4.78 is 0. The average Bonchev–Trinajstić information content (AvgIpc) is 2.31. The minimum Gasteiger partial charge on any atom is -0.360 e. The SMILES string of the molecule is CCC(CC)NC(=S)Nc1cc(C)ccc1C. The van der Waals surface area contributed by atoms with Crippen molar-refractivity contribution < 1.29 is 0 Å². The van der Waals surface area contributed by atoms with E-state index in [0.717, 1.165) is 18.5 Å². The molecule has 0 fully saturated rings. The van der Waals surface area contributed by atoms with Gasteiger partial charge in [-0.2, -0.15) is 0 Å². The van der Waals surface area contributed by atoms with E-state index in [1.54, 1.807) is 0 Å². The highest BCUT2D eigenvalue weighted by Crippen LogP contribution is 2.16. The van der Waals surface area contributed by atoms with Crippen LogP contribution in [0.4, 0.5) is 5.69 Å². The summed E-state index contributed by atoms with van der Waals surface area (Å²) in [5.41, 5.74) is 3.54. The molecule has 0 aliphatic heterocycles. The van der Waals surface area contributed by atoms with Crippen LogP contribution in [0, 0.1) is 13.8 Å². The zero-order valence-corrected chi connectivity index (χ0v) is 11.9. The fraction of sp³-hybridized carbons (Fsp3) is 0.500. The van der Waals surface area contributed by atoms with Crippen LogP contribution in [0.2, 0.25) is 0 Å². The molecule has 17 heavy (non-hydrogen) atoms. The first-order chi connectivity index (χ1) is 8.06. The topological polar surface area (TPSA) is 24.1 Å². The summed E-state index contributed by atoms with van der Waals surface area (Å²) in [6, 6.07) is 6.80. The zero-order chi connectivity index (χ0) is 12.8. The lowest BCUT2D eigenvalue weighted by atomic mass is 10.1. The Balaban J connectivity index is 2.64. The van der Waals surface area contributed by atoms with Gasteiger partial charge in [0.25, 0.3) is 0 Å². The maximum absolute atomic E-state index is 5.33. The summed E-state index contributed by atoms with van der Waals surface area (Å²) >= 11 is 5.33. The number of hydrogen-bond acceptors (Lipinski definition) is 1. The molecule has 0 unspecified atom stereocenters. The maximum Gasteiger partial charge on any atom is 0.171 e. The molecule has 0 aliphatic rings. The van der Waals surface area contributed by atoms with Gasteiger partial charge in [0.05, 0.1) is 0 Å². The van der Waals surface area contributed by atoms with Crippen molar-refractivity contribution in [2.45, 2.75) is 46.6 Å². The fourth-order valence-corrected chi connectivity index (χ4v) is 1.98. The normalized spacial score (nSPS) is 10.4. The second-order valence-electron chi connectivity index (χ2n) is 4.43. The molecule has 0 radical (unpaired) electrons. The molecule has 1 aromatic carbocycles. The van der Waals surface area contributed by atoms with Crippen molar-refractivity contribution >= 4 is 23.0 Å². The Hall–Kier alpha value is -1.09. The molecular formula is C14H22N2S. The van der Waals surface area contributed by atoms with Crippen molar-refractivity contribution in [2.24, 2.45) is 0 Å². The van der Waals surface area contributed by atoms with Crippen molar-refractivity contribution in [1.29, 1.82) is 0 Å². The summed E-state index contributed by atoms with van der Waals surface area (Å²) in [6.45, 7) is 8.51. The summed E-state index contributed by atoms with van der Waals surface area (Å²) in [4.78, 5) is 0. The number of benzene rings is 1. The van der Waals surface area contributed by atoms with Crippen LogP contribution >= 0.6 is 12.2 Å². The van der Waals surface area contributed by atoms with E-state index in [2.05, 4.69) is 56.5 Å². The van der Waals surface area contributed by atoms with Gasteiger partial charge in [0, 0.05) is 11.7 Å². The molecule has 1 aromatic rings. The third kappa shape index (κ3) is 4.35. The molecule has 0 heterocycles. The third-order valence-electron chi connectivity index (χ3n) is 2.96. The summed E-state index contributed by atoms with van der Waals surface area (Å²) in [6.07, 6.45) is 2.18. The Morgan fingerprint density at radius 1 is 1.24 bits per heavy atom. The van der Waals surface area contributed by atoms with E-state index >= 15 is 0 Å². The first-order valence-corrected chi connectivity index (χ1v) is 6.62. The first kappa shape index (κ1) is 14.0. The average molecular weight is 250 g/mol. The van der Waals surface area contributed by atoms with E-state index in [-0.39, 0.29) is 0 Å². The molecular weight excluding hydrogens is 228 g/mol. The van der Waals surface area contributed by atoms with Gasteiger partial charge in [0.15, 0.2) is 5.11 Å². The van der Waals surface area contributed by atoms with Crippen LogP contribution in [0.3, 0.4) is 0 Å². The summed E-state index contributed by atoms with van der Waals surface area (Å²) in [5, 5.41) is 7.32. The lowest BCUT2D eigenvalue weighted by Crippen LogP contribution is -2.37. The van der Waals surface area contributed by atoms with Gasteiger partial charge in [-0.1, -0.05) is 26.0 Å². The van der Waals surface area contributed by atoms with Gasteiger partial charge >= 0.3 is 0 Å². The number of aryl methyl sites for hydroxylation is 2. The summed E-state index contributed by atoms with van der Waals surface area (Å²) in [5.74, 6) is 0. The molecule has 0 saturated carbocycles. The highest BCUT2D eigenvalue weighted by atomic mass is 32.1. The van der Waals surface area contributed by atoms with E-state index in [4.69, 9.17) is 12.2 Å². The molecule has 0 spiro atoms. The molecule has 94 valence electrons. The number of rotatable bonds is 4. The zero-order valence-electron chi connectivity index (χ0n) is 11.1. The molecule has 3 heteroatoms. The molecule has 1 rings (SSSR count). The first-order valence-electron chi connectivity index (χ1n) is 6.21. The Bertz CT molecular complexity index is 384. The van der Waals surface area contributed by atoms with Crippen LogP contribution < -0.4 is 10.6 Å². The quantitative estimate of drug-likeness (QED) is 0.795. The van der Waals surface area contributed by atoms with Crippen molar-refractivity contribution in [2.75, 3.05) is 5.32 Å². The molecule has 2 nitrogen and oxygen atoms in total. The van der Waals surface area contributed by atoms with Crippen LogP contribution in [0.15, 0.2) is 18.2 Å². The van der Waals surface area contributed by atoms with Crippen LogP contribution in [-0.4, -0.2) is 11.2 Å². The lowest BCUT2D eigenvalue weighted by molar-refractivity contribution is 0.573. The molecule has 0 aromatic heterocycles. The van der Waals surface area contributed by atoms with Crippen LogP contribution in [0.1, 0.15) is 37.8 Å². The number of anilines is 1. The van der Waals surface area contributed by atoms with Crippen LogP contribution in [-0.2, 0) is 0 Å². The van der Waals surface area contributed by atoms with E-state index in [1.807, 2.05) is 0 Å². The summed E-state index contributed by atoms with van der Waals surface area (Å²) in [7, 11) is 0. The second kappa shape index (κ2) is 6.60. The maximum atomic E-state index is 5.33. The van der Waals surface area contributed by atoms with Crippen molar-refractivity contribution in [3.05, 3.63) is 29.3 Å². The number of hydrogen-bond donors (Lipinski definition) is 2. The molecule has 0 amide bonds. The van der Waals surface area contributed by atoms with E-state index < -0.39 is 0 Å². The van der Waals surface area contributed by atoms with E-state index in [9.17, 15) is 0 Å². The van der Waals surface area contributed by atoms with Gasteiger partial charge in [-0.15, -0.1) is 0 Å². The van der Waals surface area contributed by atoms with Crippen molar-refractivity contribution in [3.8, 4) is 0 Å². The molecule has 0 saturated heterocycles. The Labute approximate surface area is 110 Å². The predicted molar refractivity (Wildman–Crippen MR) is 79.6 cm³/mol. The van der Waals surface area contributed by atoms with Crippen LogP contribution in [0.5, 0.6) is 0 Å². The molecule has 0 atom stereocenters. The minimum atomic E-state index is 0.458. The minimum absolute atomic E-state index is 0.458. The monoisotopic (exact) mass is 250 g/mol. The third-order valence-corrected chi connectivity index (χ3v) is 3.18. The Kier molecular flexibility index (Phi) is 5.42. The molecule has 0 bridgehead atoms. The fourth-order valence-electron chi connectivity index (χ4n) is 1.71. The predicted octanol–water partition coefficient (Wildman–Crippen LogP) is 3.78.